The fraction of sp³-hybridized carbons (Fsp3) is 0.294. The van der Waals surface area contributed by atoms with E-state index in [9.17, 15) is 8.42 Å². The average molecular weight is 304 g/mol. The quantitative estimate of drug-likeness (QED) is 0.796. The van der Waals surface area contributed by atoms with Crippen molar-refractivity contribution in [3.63, 3.8) is 0 Å². The highest BCUT2D eigenvalue weighted by Crippen LogP contribution is 2.38. The standard InChI is InChI=1S/C17H20O3S/c1-6-20-21(18,19)16-9-13(5)15-10-14(11(2)3)8-7-12(4)17(15)16/h7-10H,2,6H2,1,3-5H3. The number of hydrogen-bond donors (Lipinski definition) is 0. The van der Waals surface area contributed by atoms with Crippen LogP contribution in [0.3, 0.4) is 0 Å². The Kier molecular flexibility index (Phi) is 4.21. The fourth-order valence-electron chi connectivity index (χ4n) is 2.45. The summed E-state index contributed by atoms with van der Waals surface area (Å²) >= 11 is 0. The molecule has 112 valence electrons. The van der Waals surface area contributed by atoms with E-state index in [0.717, 1.165) is 33.4 Å². The van der Waals surface area contributed by atoms with E-state index in [1.165, 1.54) is 0 Å². The van der Waals surface area contributed by atoms with Crippen molar-refractivity contribution in [3.8, 4) is 11.1 Å². The van der Waals surface area contributed by atoms with Gasteiger partial charge in [0.25, 0.3) is 10.1 Å². The van der Waals surface area contributed by atoms with Crippen LogP contribution < -0.4 is 0 Å². The van der Waals surface area contributed by atoms with E-state index in [2.05, 4.69) is 6.58 Å². The lowest BCUT2D eigenvalue weighted by molar-refractivity contribution is 0.338. The Balaban J connectivity index is 2.80. The monoisotopic (exact) mass is 304 g/mol. The van der Waals surface area contributed by atoms with E-state index >= 15 is 0 Å². The topological polar surface area (TPSA) is 43.4 Å². The highest BCUT2D eigenvalue weighted by molar-refractivity contribution is 7.87. The second-order valence-corrected chi connectivity index (χ2v) is 6.82. The van der Waals surface area contributed by atoms with Crippen LogP contribution in [-0.4, -0.2) is 15.0 Å². The summed E-state index contributed by atoms with van der Waals surface area (Å²) in [6.45, 7) is 11.5. The molecule has 0 spiro atoms. The van der Waals surface area contributed by atoms with Gasteiger partial charge in [0.05, 0.1) is 6.61 Å². The van der Waals surface area contributed by atoms with Crippen LogP contribution >= 0.6 is 0 Å². The van der Waals surface area contributed by atoms with Crippen LogP contribution in [0, 0.1) is 13.8 Å². The average Bonchev–Trinajstić information content (AvgIpc) is 2.61. The molecule has 4 heteroatoms. The van der Waals surface area contributed by atoms with Gasteiger partial charge in [-0.15, -0.1) is 0 Å². The SMILES string of the molecule is C=C(C)c1ccc(C)c2c(S(=O)(=O)OCC)cc(C)c-2c1. The van der Waals surface area contributed by atoms with Crippen molar-refractivity contribution >= 4 is 15.7 Å². The van der Waals surface area contributed by atoms with Gasteiger partial charge >= 0.3 is 0 Å². The van der Waals surface area contributed by atoms with E-state index < -0.39 is 10.1 Å². The molecule has 0 unspecified atom stereocenters. The lowest BCUT2D eigenvalue weighted by atomic mass is 10.0. The first-order valence-corrected chi connectivity index (χ1v) is 8.28. The number of hydrogen-bond acceptors (Lipinski definition) is 3. The van der Waals surface area contributed by atoms with Crippen molar-refractivity contribution in [1.29, 1.82) is 0 Å². The number of rotatable bonds is 4. The van der Waals surface area contributed by atoms with E-state index in [1.54, 1.807) is 13.0 Å². The summed E-state index contributed by atoms with van der Waals surface area (Å²) in [6, 6.07) is 7.57. The highest BCUT2D eigenvalue weighted by Gasteiger charge is 2.25. The van der Waals surface area contributed by atoms with Gasteiger partial charge in [0.2, 0.25) is 0 Å². The summed E-state index contributed by atoms with van der Waals surface area (Å²) in [7, 11) is -3.72. The van der Waals surface area contributed by atoms with Gasteiger partial charge in [0.1, 0.15) is 4.90 Å². The van der Waals surface area contributed by atoms with Gasteiger partial charge in [-0.1, -0.05) is 24.3 Å². The van der Waals surface area contributed by atoms with Crippen LogP contribution in [0.4, 0.5) is 0 Å². The Labute approximate surface area is 126 Å². The highest BCUT2D eigenvalue weighted by atomic mass is 32.2. The van der Waals surface area contributed by atoms with Gasteiger partial charge in [0.15, 0.2) is 0 Å². The Morgan fingerprint density at radius 2 is 1.86 bits per heavy atom. The van der Waals surface area contributed by atoms with Crippen LogP contribution in [-0.2, 0) is 14.3 Å². The molecular weight excluding hydrogens is 284 g/mol. The summed E-state index contributed by atoms with van der Waals surface area (Å²) in [5.74, 6) is 0. The zero-order valence-corrected chi connectivity index (χ0v) is 13.7. The third-order valence-corrected chi connectivity index (χ3v) is 4.94. The first-order chi connectivity index (χ1) is 9.77. The smallest absolute Gasteiger partial charge is 0.267 e. The number of fused-ring (bicyclic) bond motifs is 1. The normalized spacial score (nSPS) is 11.8. The summed E-state index contributed by atoms with van der Waals surface area (Å²) in [5.41, 5.74) is 5.43. The second-order valence-electron chi connectivity index (χ2n) is 5.24. The lowest BCUT2D eigenvalue weighted by Crippen LogP contribution is -2.06. The maximum absolute atomic E-state index is 12.3. The van der Waals surface area contributed by atoms with Crippen LogP contribution in [0.15, 0.2) is 35.7 Å². The second kappa shape index (κ2) is 5.62. The molecule has 0 aromatic carbocycles. The van der Waals surface area contributed by atoms with Crippen LogP contribution in [0.2, 0.25) is 0 Å². The van der Waals surface area contributed by atoms with E-state index in [-0.39, 0.29) is 11.5 Å². The van der Waals surface area contributed by atoms with Crippen molar-refractivity contribution in [2.75, 3.05) is 6.61 Å². The van der Waals surface area contributed by atoms with Crippen LogP contribution in [0.25, 0.3) is 16.7 Å². The molecule has 0 N–H and O–H groups in total. The number of aryl methyl sites for hydroxylation is 2. The number of allylic oxidation sites excluding steroid dienone is 1. The maximum Gasteiger partial charge on any atom is 0.297 e. The van der Waals surface area contributed by atoms with Gasteiger partial charge in [-0.3, -0.25) is 4.18 Å². The Morgan fingerprint density at radius 3 is 2.43 bits per heavy atom. The molecule has 2 rings (SSSR count). The van der Waals surface area contributed by atoms with E-state index in [4.69, 9.17) is 4.18 Å². The molecule has 0 heterocycles. The molecule has 2 aliphatic carbocycles. The van der Waals surface area contributed by atoms with E-state index in [0.29, 0.717) is 0 Å². The molecule has 0 radical (unpaired) electrons. The Bertz CT molecular complexity index is 773. The maximum atomic E-state index is 12.3. The van der Waals surface area contributed by atoms with Crippen LogP contribution in [0.5, 0.6) is 0 Å². The van der Waals surface area contributed by atoms with Gasteiger partial charge in [-0.2, -0.15) is 8.42 Å². The molecule has 21 heavy (non-hydrogen) atoms. The fourth-order valence-corrected chi connectivity index (χ4v) is 3.73. The zero-order chi connectivity index (χ0) is 15.8. The van der Waals surface area contributed by atoms with Crippen molar-refractivity contribution in [1.82, 2.24) is 0 Å². The molecule has 3 nitrogen and oxygen atoms in total. The molecule has 0 atom stereocenters. The van der Waals surface area contributed by atoms with Gasteiger partial charge < -0.3 is 0 Å². The molecule has 0 saturated carbocycles. The van der Waals surface area contributed by atoms with Gasteiger partial charge in [-0.25, -0.2) is 0 Å². The first-order valence-electron chi connectivity index (χ1n) is 6.87. The molecule has 2 aliphatic rings. The summed E-state index contributed by atoms with van der Waals surface area (Å²) < 4.78 is 29.5. The van der Waals surface area contributed by atoms with E-state index in [1.807, 2.05) is 39.0 Å². The molecule has 0 aliphatic heterocycles. The van der Waals surface area contributed by atoms with Crippen molar-refractivity contribution in [2.24, 2.45) is 0 Å². The summed E-state index contributed by atoms with van der Waals surface area (Å²) in [5, 5.41) is 0. The Hall–Kier alpha value is -1.65. The van der Waals surface area contributed by atoms with Crippen molar-refractivity contribution < 1.29 is 12.6 Å². The minimum Gasteiger partial charge on any atom is -0.267 e. The lowest BCUT2D eigenvalue weighted by Gasteiger charge is -2.06. The predicted molar refractivity (Wildman–Crippen MR) is 86.1 cm³/mol. The zero-order valence-electron chi connectivity index (χ0n) is 12.9. The minimum atomic E-state index is -3.72. The molecule has 0 aromatic heterocycles. The summed E-state index contributed by atoms with van der Waals surface area (Å²) in [6.07, 6.45) is 0. The molecule has 0 saturated heterocycles. The molecule has 0 fully saturated rings. The van der Waals surface area contributed by atoms with Crippen LogP contribution in [0.1, 0.15) is 30.5 Å². The summed E-state index contributed by atoms with van der Waals surface area (Å²) in [4.78, 5) is 0.248. The predicted octanol–water partition coefficient (Wildman–Crippen LogP) is 4.17. The molecular formula is C17H20O3S. The third kappa shape index (κ3) is 2.87. The molecule has 0 bridgehead atoms. The Morgan fingerprint density at radius 1 is 1.19 bits per heavy atom. The largest absolute Gasteiger partial charge is 0.297 e. The first kappa shape index (κ1) is 15.7. The van der Waals surface area contributed by atoms with Gasteiger partial charge in [0, 0.05) is 5.56 Å². The molecule has 0 amide bonds. The molecule has 0 aromatic rings. The van der Waals surface area contributed by atoms with Crippen molar-refractivity contribution in [2.45, 2.75) is 32.6 Å². The third-order valence-electron chi connectivity index (χ3n) is 3.53. The minimum absolute atomic E-state index is 0.128. The van der Waals surface area contributed by atoms with Gasteiger partial charge in [-0.05, 0) is 62.1 Å². The van der Waals surface area contributed by atoms with Crippen molar-refractivity contribution in [3.05, 3.63) is 47.5 Å².